The number of aliphatic hydroxyl groups is 1. The van der Waals surface area contributed by atoms with Gasteiger partial charge >= 0.3 is 5.97 Å². The van der Waals surface area contributed by atoms with Gasteiger partial charge in [0.1, 0.15) is 12.6 Å². The van der Waals surface area contributed by atoms with Gasteiger partial charge in [-0.1, -0.05) is 77.6 Å². The molecule has 0 aliphatic heterocycles. The third-order valence-electron chi connectivity index (χ3n) is 4.41. The molecule has 0 aromatic rings. The van der Waals surface area contributed by atoms with Crippen LogP contribution in [0.25, 0.3) is 0 Å². The summed E-state index contributed by atoms with van der Waals surface area (Å²) < 4.78 is 0.342. The summed E-state index contributed by atoms with van der Waals surface area (Å²) in [5.41, 5.74) is 0. The van der Waals surface area contributed by atoms with E-state index in [1.807, 2.05) is 14.1 Å². The van der Waals surface area contributed by atoms with Crippen molar-refractivity contribution >= 4 is 5.97 Å². The van der Waals surface area contributed by atoms with E-state index >= 15 is 0 Å². The molecule has 0 rings (SSSR count). The van der Waals surface area contributed by atoms with Gasteiger partial charge in [0.25, 0.3) is 0 Å². The fraction of sp³-hybridized carbons (Fsp3) is 0.947. The fourth-order valence-corrected chi connectivity index (χ4v) is 3.14. The molecule has 4 nitrogen and oxygen atoms in total. The Kier molecular flexibility index (Phi) is 13.4. The van der Waals surface area contributed by atoms with Crippen LogP contribution in [0.1, 0.15) is 84.0 Å². The first-order valence-corrected chi connectivity index (χ1v) is 9.59. The van der Waals surface area contributed by atoms with Crippen LogP contribution in [0.3, 0.4) is 0 Å². The predicted molar refractivity (Wildman–Crippen MR) is 96.6 cm³/mol. The highest BCUT2D eigenvalue weighted by atomic mass is 16.4. The van der Waals surface area contributed by atoms with E-state index in [1.165, 1.54) is 64.2 Å². The number of carbonyl (C=O) groups is 1. The number of likely N-dealkylation sites (N-methyl/N-ethyl adjacent to an activating group) is 1. The van der Waals surface area contributed by atoms with Crippen LogP contribution in [0.4, 0.5) is 0 Å². The Bertz CT molecular complexity index is 292. The largest absolute Gasteiger partial charge is 0.477 e. The molecule has 0 saturated heterocycles. The Labute approximate surface area is 143 Å². The summed E-state index contributed by atoms with van der Waals surface area (Å²) in [6, 6.07) is 0. The molecule has 0 aromatic carbocycles. The molecule has 23 heavy (non-hydrogen) atoms. The Morgan fingerprint density at radius 3 is 1.74 bits per heavy atom. The Hall–Kier alpha value is -0.610. The Morgan fingerprint density at radius 2 is 1.30 bits per heavy atom. The quantitative estimate of drug-likeness (QED) is 0.329. The van der Waals surface area contributed by atoms with Crippen molar-refractivity contribution in [3.8, 4) is 0 Å². The van der Waals surface area contributed by atoms with Crippen molar-refractivity contribution in [1.82, 2.24) is 0 Å². The number of quaternary nitrogens is 1. The average molecular weight is 331 g/mol. The van der Waals surface area contributed by atoms with Crippen molar-refractivity contribution in [3.05, 3.63) is 0 Å². The topological polar surface area (TPSA) is 57.5 Å². The molecule has 4 heteroatoms. The summed E-state index contributed by atoms with van der Waals surface area (Å²) in [5, 5.41) is 18.9. The van der Waals surface area contributed by atoms with Crippen LogP contribution in [0.5, 0.6) is 0 Å². The Balaban J connectivity index is 3.42. The van der Waals surface area contributed by atoms with E-state index in [-0.39, 0.29) is 12.6 Å². The van der Waals surface area contributed by atoms with Gasteiger partial charge in [-0.05, 0) is 6.42 Å². The van der Waals surface area contributed by atoms with Crippen LogP contribution in [-0.4, -0.2) is 54.0 Å². The van der Waals surface area contributed by atoms with Crippen LogP contribution in [0.2, 0.25) is 0 Å². The second kappa shape index (κ2) is 13.8. The minimum Gasteiger partial charge on any atom is -0.477 e. The zero-order valence-corrected chi connectivity index (χ0v) is 15.7. The standard InChI is InChI=1S/C19H39NO3/c1-4-5-6-7-8-9-10-11-12-13-14-15-18(21)16-20(2,3)17-19(22)23/h18,21H,4-17H2,1-3H3/p+1. The van der Waals surface area contributed by atoms with Gasteiger partial charge in [0.15, 0.2) is 6.54 Å². The SMILES string of the molecule is CCCCCCCCCCCCCC(O)C[N+](C)(C)CC(=O)O. The minimum absolute atomic E-state index is 0.0648. The van der Waals surface area contributed by atoms with Crippen molar-refractivity contribution in [2.24, 2.45) is 0 Å². The predicted octanol–water partition coefficient (Wildman–Crippen LogP) is 4.21. The highest BCUT2D eigenvalue weighted by Gasteiger charge is 2.23. The molecule has 2 N–H and O–H groups in total. The summed E-state index contributed by atoms with van der Waals surface area (Å²) in [6.45, 7) is 2.84. The minimum atomic E-state index is -0.808. The molecular weight excluding hydrogens is 290 g/mol. The van der Waals surface area contributed by atoms with Crippen LogP contribution in [0, 0.1) is 0 Å². The van der Waals surface area contributed by atoms with Gasteiger partial charge in [-0.15, -0.1) is 0 Å². The molecule has 1 unspecified atom stereocenters. The van der Waals surface area contributed by atoms with Crippen molar-refractivity contribution in [3.63, 3.8) is 0 Å². The van der Waals surface area contributed by atoms with Crippen LogP contribution in [-0.2, 0) is 4.79 Å². The van der Waals surface area contributed by atoms with Gasteiger partial charge in [-0.2, -0.15) is 0 Å². The third kappa shape index (κ3) is 16.0. The van der Waals surface area contributed by atoms with Crippen LogP contribution >= 0.6 is 0 Å². The molecule has 0 fully saturated rings. The van der Waals surface area contributed by atoms with Crippen molar-refractivity contribution in [1.29, 1.82) is 0 Å². The summed E-state index contributed by atoms with van der Waals surface area (Å²) in [6.07, 6.45) is 14.8. The number of carboxylic acids is 1. The first-order chi connectivity index (χ1) is 10.9. The van der Waals surface area contributed by atoms with E-state index in [2.05, 4.69) is 6.92 Å². The summed E-state index contributed by atoms with van der Waals surface area (Å²) in [5.74, 6) is -0.808. The number of aliphatic carboxylic acids is 1. The van der Waals surface area contributed by atoms with E-state index in [1.54, 1.807) is 0 Å². The Morgan fingerprint density at radius 1 is 0.870 bits per heavy atom. The zero-order chi connectivity index (χ0) is 17.6. The fourth-order valence-electron chi connectivity index (χ4n) is 3.14. The molecule has 0 amide bonds. The lowest BCUT2D eigenvalue weighted by molar-refractivity contribution is -0.886. The van der Waals surface area contributed by atoms with Gasteiger partial charge in [0, 0.05) is 0 Å². The van der Waals surface area contributed by atoms with Gasteiger partial charge in [0.2, 0.25) is 0 Å². The van der Waals surface area contributed by atoms with E-state index in [9.17, 15) is 9.90 Å². The van der Waals surface area contributed by atoms with Gasteiger partial charge < -0.3 is 14.7 Å². The molecule has 1 atom stereocenters. The molecule has 138 valence electrons. The smallest absolute Gasteiger partial charge is 0.359 e. The number of hydrogen-bond donors (Lipinski definition) is 2. The normalized spacial score (nSPS) is 13.2. The average Bonchev–Trinajstić information content (AvgIpc) is 2.42. The molecule has 0 heterocycles. The lowest BCUT2D eigenvalue weighted by atomic mass is 10.0. The summed E-state index contributed by atoms with van der Waals surface area (Å²) in [7, 11) is 3.72. The van der Waals surface area contributed by atoms with Gasteiger partial charge in [0.05, 0.1) is 14.1 Å². The van der Waals surface area contributed by atoms with E-state index in [0.717, 1.165) is 12.8 Å². The third-order valence-corrected chi connectivity index (χ3v) is 4.41. The molecule has 0 aliphatic rings. The zero-order valence-electron chi connectivity index (χ0n) is 15.7. The molecule has 0 aromatic heterocycles. The molecule has 0 bridgehead atoms. The number of unbranched alkanes of at least 4 members (excludes halogenated alkanes) is 10. The van der Waals surface area contributed by atoms with E-state index < -0.39 is 5.97 Å². The summed E-state index contributed by atoms with van der Waals surface area (Å²) >= 11 is 0. The van der Waals surface area contributed by atoms with E-state index in [0.29, 0.717) is 11.0 Å². The highest BCUT2D eigenvalue weighted by Crippen LogP contribution is 2.13. The molecular formula is C19H40NO3+. The van der Waals surface area contributed by atoms with Crippen molar-refractivity contribution in [2.45, 2.75) is 90.1 Å². The van der Waals surface area contributed by atoms with Crippen LogP contribution in [0.15, 0.2) is 0 Å². The van der Waals surface area contributed by atoms with Gasteiger partial charge in [-0.3, -0.25) is 0 Å². The van der Waals surface area contributed by atoms with E-state index in [4.69, 9.17) is 5.11 Å². The second-order valence-electron chi connectivity index (χ2n) is 7.65. The monoisotopic (exact) mass is 330 g/mol. The van der Waals surface area contributed by atoms with Crippen LogP contribution < -0.4 is 0 Å². The maximum absolute atomic E-state index is 10.8. The first kappa shape index (κ1) is 22.4. The summed E-state index contributed by atoms with van der Waals surface area (Å²) in [4.78, 5) is 10.8. The number of nitrogens with zero attached hydrogens (tertiary/aromatic N) is 1. The molecule has 0 aliphatic carbocycles. The van der Waals surface area contributed by atoms with Gasteiger partial charge in [-0.25, -0.2) is 4.79 Å². The second-order valence-corrected chi connectivity index (χ2v) is 7.65. The highest BCUT2D eigenvalue weighted by molar-refractivity contribution is 5.67. The lowest BCUT2D eigenvalue weighted by Gasteiger charge is -2.30. The maximum atomic E-state index is 10.8. The number of aliphatic hydroxyl groups excluding tert-OH is 1. The number of hydrogen-bond acceptors (Lipinski definition) is 2. The molecule has 0 spiro atoms. The molecule has 0 saturated carbocycles. The van der Waals surface area contributed by atoms with Crippen molar-refractivity contribution < 1.29 is 19.5 Å². The molecule has 0 radical (unpaired) electrons. The van der Waals surface area contributed by atoms with Crippen molar-refractivity contribution in [2.75, 3.05) is 27.2 Å². The number of carboxylic acid groups (broad SMARTS) is 1. The lowest BCUT2D eigenvalue weighted by Crippen LogP contribution is -2.48. The maximum Gasteiger partial charge on any atom is 0.359 e. The first-order valence-electron chi connectivity index (χ1n) is 9.59. The number of rotatable bonds is 16.